The van der Waals surface area contributed by atoms with Crippen LogP contribution in [-0.2, 0) is 0 Å². The van der Waals surface area contributed by atoms with Crippen molar-refractivity contribution in [1.82, 2.24) is 5.32 Å². The molecule has 1 unspecified atom stereocenters. The molecule has 104 valence electrons. The Bertz CT molecular complexity index is 523. The Balaban J connectivity index is 2.98. The highest BCUT2D eigenvalue weighted by Crippen LogP contribution is 2.19. The molecule has 1 rings (SSSR count). The van der Waals surface area contributed by atoms with Crippen LogP contribution >= 0.6 is 11.6 Å². The first-order valence-electron chi connectivity index (χ1n) is 5.33. The van der Waals surface area contributed by atoms with Gasteiger partial charge in [0.15, 0.2) is 5.84 Å². The minimum Gasteiger partial charge on any atom is -0.409 e. The molecule has 4 N–H and O–H groups in total. The van der Waals surface area contributed by atoms with E-state index >= 15 is 0 Å². The SMILES string of the molecule is CCC(NC(=O)c1cc(F)c(Cl)cc1F)/C(N)=N/O. The molecule has 5 nitrogen and oxygen atoms in total. The van der Waals surface area contributed by atoms with Crippen molar-refractivity contribution >= 4 is 23.3 Å². The quantitative estimate of drug-likeness (QED) is 0.260. The van der Waals surface area contributed by atoms with Crippen LogP contribution in [0.15, 0.2) is 17.3 Å². The first-order valence-corrected chi connectivity index (χ1v) is 5.71. The molecule has 0 heterocycles. The first-order chi connectivity index (χ1) is 8.90. The van der Waals surface area contributed by atoms with E-state index in [1.807, 2.05) is 0 Å². The summed E-state index contributed by atoms with van der Waals surface area (Å²) in [4.78, 5) is 11.8. The maximum Gasteiger partial charge on any atom is 0.254 e. The summed E-state index contributed by atoms with van der Waals surface area (Å²) in [6.07, 6.45) is 0.319. The van der Waals surface area contributed by atoms with Crippen molar-refractivity contribution in [2.75, 3.05) is 0 Å². The molecule has 0 saturated heterocycles. The molecule has 1 aromatic carbocycles. The Labute approximate surface area is 113 Å². The lowest BCUT2D eigenvalue weighted by molar-refractivity contribution is 0.0941. The number of nitrogens with one attached hydrogen (secondary N) is 1. The van der Waals surface area contributed by atoms with Gasteiger partial charge in [0.1, 0.15) is 11.6 Å². The van der Waals surface area contributed by atoms with E-state index in [1.54, 1.807) is 6.92 Å². The normalized spacial score (nSPS) is 13.2. The van der Waals surface area contributed by atoms with Crippen molar-refractivity contribution < 1.29 is 18.8 Å². The molecule has 0 radical (unpaired) electrons. The highest BCUT2D eigenvalue weighted by Gasteiger charge is 2.20. The van der Waals surface area contributed by atoms with Gasteiger partial charge in [0.2, 0.25) is 0 Å². The van der Waals surface area contributed by atoms with Gasteiger partial charge in [-0.15, -0.1) is 0 Å². The molecule has 1 amide bonds. The van der Waals surface area contributed by atoms with Crippen LogP contribution in [0.2, 0.25) is 5.02 Å². The smallest absolute Gasteiger partial charge is 0.254 e. The van der Waals surface area contributed by atoms with Gasteiger partial charge < -0.3 is 16.3 Å². The highest BCUT2D eigenvalue weighted by atomic mass is 35.5. The van der Waals surface area contributed by atoms with Crippen molar-refractivity contribution in [1.29, 1.82) is 0 Å². The van der Waals surface area contributed by atoms with Crippen molar-refractivity contribution in [3.63, 3.8) is 0 Å². The summed E-state index contributed by atoms with van der Waals surface area (Å²) >= 11 is 5.38. The predicted molar refractivity (Wildman–Crippen MR) is 66.3 cm³/mol. The van der Waals surface area contributed by atoms with Gasteiger partial charge in [-0.05, 0) is 18.6 Å². The Kier molecular flexibility index (Phi) is 5.05. The number of nitrogens with two attached hydrogens (primary N) is 1. The van der Waals surface area contributed by atoms with Gasteiger partial charge >= 0.3 is 0 Å². The second-order valence-electron chi connectivity index (χ2n) is 3.71. The zero-order valence-electron chi connectivity index (χ0n) is 9.95. The summed E-state index contributed by atoms with van der Waals surface area (Å²) in [6.45, 7) is 1.67. The number of amidine groups is 1. The number of halogens is 3. The summed E-state index contributed by atoms with van der Waals surface area (Å²) in [5, 5.41) is 13.2. The Hall–Kier alpha value is -1.89. The topological polar surface area (TPSA) is 87.7 Å². The number of hydrogen-bond acceptors (Lipinski definition) is 3. The van der Waals surface area contributed by atoms with E-state index in [0.717, 1.165) is 0 Å². The fourth-order valence-corrected chi connectivity index (χ4v) is 1.54. The standard InChI is InChI=1S/C11H12ClF2N3O2/c1-2-9(10(15)17-19)16-11(18)5-3-8(14)6(12)4-7(5)13/h3-4,9,19H,2H2,1H3,(H2,15,17)(H,16,18). The highest BCUT2D eigenvalue weighted by molar-refractivity contribution is 6.30. The minimum atomic E-state index is -0.960. The zero-order valence-corrected chi connectivity index (χ0v) is 10.7. The van der Waals surface area contributed by atoms with Crippen LogP contribution in [0.3, 0.4) is 0 Å². The Morgan fingerprint density at radius 1 is 1.53 bits per heavy atom. The third-order valence-corrected chi connectivity index (χ3v) is 2.73. The van der Waals surface area contributed by atoms with Gasteiger partial charge in [-0.1, -0.05) is 23.7 Å². The zero-order chi connectivity index (χ0) is 14.6. The molecule has 0 bridgehead atoms. The third kappa shape index (κ3) is 3.54. The van der Waals surface area contributed by atoms with Crippen LogP contribution in [0.25, 0.3) is 0 Å². The number of rotatable bonds is 4. The van der Waals surface area contributed by atoms with Gasteiger partial charge in [0, 0.05) is 0 Å². The van der Waals surface area contributed by atoms with Crippen molar-refractivity contribution in [2.24, 2.45) is 10.9 Å². The molecule has 0 spiro atoms. The number of benzene rings is 1. The Morgan fingerprint density at radius 2 is 2.16 bits per heavy atom. The molecule has 1 aromatic rings. The van der Waals surface area contributed by atoms with E-state index in [4.69, 9.17) is 22.5 Å². The summed E-state index contributed by atoms with van der Waals surface area (Å²) in [5.74, 6) is -2.99. The van der Waals surface area contributed by atoms with Gasteiger partial charge in [-0.25, -0.2) is 8.78 Å². The molecule has 1 atom stereocenters. The fraction of sp³-hybridized carbons (Fsp3) is 0.273. The van der Waals surface area contributed by atoms with E-state index in [1.165, 1.54) is 0 Å². The van der Waals surface area contributed by atoms with E-state index < -0.39 is 34.2 Å². The monoisotopic (exact) mass is 291 g/mol. The second kappa shape index (κ2) is 6.33. The fourth-order valence-electron chi connectivity index (χ4n) is 1.39. The summed E-state index contributed by atoms with van der Waals surface area (Å²) in [6, 6.07) is 0.609. The summed E-state index contributed by atoms with van der Waals surface area (Å²) in [5.41, 5.74) is 4.83. The molecule has 19 heavy (non-hydrogen) atoms. The van der Waals surface area contributed by atoms with E-state index in [-0.39, 0.29) is 5.84 Å². The molecular weight excluding hydrogens is 280 g/mol. The molecule has 0 saturated carbocycles. The molecular formula is C11H12ClF2N3O2. The number of amides is 1. The maximum absolute atomic E-state index is 13.5. The van der Waals surface area contributed by atoms with Gasteiger partial charge in [0.25, 0.3) is 5.91 Å². The van der Waals surface area contributed by atoms with Crippen molar-refractivity contribution in [3.8, 4) is 0 Å². The van der Waals surface area contributed by atoms with Crippen molar-refractivity contribution in [2.45, 2.75) is 19.4 Å². The van der Waals surface area contributed by atoms with Crippen molar-refractivity contribution in [3.05, 3.63) is 34.4 Å². The summed E-state index contributed by atoms with van der Waals surface area (Å²) in [7, 11) is 0. The van der Waals surface area contributed by atoms with Crippen LogP contribution < -0.4 is 11.1 Å². The molecule has 8 heteroatoms. The molecule has 0 aliphatic carbocycles. The van der Waals surface area contributed by atoms with E-state index in [9.17, 15) is 13.6 Å². The van der Waals surface area contributed by atoms with Crippen LogP contribution in [-0.4, -0.2) is 23.0 Å². The van der Waals surface area contributed by atoms with Crippen LogP contribution in [0.4, 0.5) is 8.78 Å². The summed E-state index contributed by atoms with van der Waals surface area (Å²) < 4.78 is 26.7. The van der Waals surface area contributed by atoms with E-state index in [2.05, 4.69) is 10.5 Å². The van der Waals surface area contributed by atoms with Crippen LogP contribution in [0.1, 0.15) is 23.7 Å². The molecule has 0 aromatic heterocycles. The van der Waals surface area contributed by atoms with Crippen LogP contribution in [0, 0.1) is 11.6 Å². The van der Waals surface area contributed by atoms with Crippen LogP contribution in [0.5, 0.6) is 0 Å². The van der Waals surface area contributed by atoms with Gasteiger partial charge in [-0.2, -0.15) is 0 Å². The number of hydrogen-bond donors (Lipinski definition) is 3. The lowest BCUT2D eigenvalue weighted by atomic mass is 10.1. The molecule has 0 fully saturated rings. The number of nitrogens with zero attached hydrogens (tertiary/aromatic N) is 1. The average molecular weight is 292 g/mol. The van der Waals surface area contributed by atoms with E-state index in [0.29, 0.717) is 18.6 Å². The molecule has 0 aliphatic heterocycles. The second-order valence-corrected chi connectivity index (χ2v) is 4.11. The number of carbonyl (C=O) groups is 1. The predicted octanol–water partition coefficient (Wildman–Crippen LogP) is 1.87. The molecule has 0 aliphatic rings. The lowest BCUT2D eigenvalue weighted by Crippen LogP contribution is -2.44. The third-order valence-electron chi connectivity index (χ3n) is 2.44. The number of carbonyl (C=O) groups excluding carboxylic acids is 1. The number of oxime groups is 1. The average Bonchev–Trinajstić information content (AvgIpc) is 2.38. The lowest BCUT2D eigenvalue weighted by Gasteiger charge is -2.15. The largest absolute Gasteiger partial charge is 0.409 e. The van der Waals surface area contributed by atoms with Gasteiger partial charge in [0.05, 0.1) is 16.6 Å². The maximum atomic E-state index is 13.5. The first kappa shape index (κ1) is 15.2. The minimum absolute atomic E-state index is 0.231. The Morgan fingerprint density at radius 3 is 2.68 bits per heavy atom. The van der Waals surface area contributed by atoms with Gasteiger partial charge in [-0.3, -0.25) is 4.79 Å².